The molecule has 2 aromatic rings. The van der Waals surface area contributed by atoms with E-state index in [9.17, 15) is 33.6 Å². The maximum atomic E-state index is 14.1. The largest absolute Gasteiger partial charge is 0.445 e. The molecule has 2 heterocycles. The lowest BCUT2D eigenvalue weighted by Crippen LogP contribution is -2.54. The number of hydrogen-bond acceptors (Lipinski definition) is 10. The third-order valence-corrected chi connectivity index (χ3v) is 11.5. The molecule has 5 atom stereocenters. The van der Waals surface area contributed by atoms with Gasteiger partial charge in [-0.15, -0.1) is 0 Å². The molecule has 2 saturated heterocycles. The molecule has 0 aliphatic carbocycles. The Bertz CT molecular complexity index is 1520. The highest BCUT2D eigenvalue weighted by Crippen LogP contribution is 2.54. The maximum absolute atomic E-state index is 14.1. The Balaban J connectivity index is 1.56. The van der Waals surface area contributed by atoms with E-state index in [4.69, 9.17) is 25.4 Å². The van der Waals surface area contributed by atoms with Crippen molar-refractivity contribution < 1.29 is 47.3 Å². The molecular weight excluding hydrogens is 694 g/mol. The standard InChI is InChI=1S/C34H47ClFN4O9P/c1-4-48-50(46,49-5-2)32(44)29(19-25-20-34(39-30(25)42)12-14-40(15-13-34)22(3)41)37-31(43)28(18-23-8-7-11-27(36)17-23)38-33(45)47-21-24-9-6-10-26(35)16-24/h6-11,16-17,22,25,28-29,32,41,44H,4-5,12-15,18-21H2,1-3H3,(H,37,43)(H,38,45)(H,39,42)/t22?,25?,28-,29?,32?/m0/s1. The van der Waals surface area contributed by atoms with Crippen LogP contribution in [0.15, 0.2) is 48.5 Å². The Labute approximate surface area is 296 Å². The zero-order valence-electron chi connectivity index (χ0n) is 28.5. The molecular formula is C34H47ClFN4O9P. The van der Waals surface area contributed by atoms with Gasteiger partial charge >= 0.3 is 13.7 Å². The molecule has 2 aliphatic rings. The fourth-order valence-electron chi connectivity index (χ4n) is 6.51. The number of halogens is 2. The van der Waals surface area contributed by atoms with E-state index in [0.717, 1.165) is 0 Å². The van der Waals surface area contributed by atoms with Crippen LogP contribution in [0, 0.1) is 11.7 Å². The Kier molecular flexibility index (Phi) is 14.2. The minimum atomic E-state index is -4.24. The lowest BCUT2D eigenvalue weighted by molar-refractivity contribution is -0.126. The van der Waals surface area contributed by atoms with Crippen LogP contribution in [-0.4, -0.2) is 89.0 Å². The number of benzene rings is 2. The number of piperidine rings is 1. The van der Waals surface area contributed by atoms with Crippen molar-refractivity contribution in [2.75, 3.05) is 26.3 Å². The first-order chi connectivity index (χ1) is 23.8. The quantitative estimate of drug-likeness (QED) is 0.158. The van der Waals surface area contributed by atoms with Gasteiger partial charge in [0.25, 0.3) is 0 Å². The molecule has 0 saturated carbocycles. The number of carbonyl (C=O) groups excluding carboxylic acids is 3. The van der Waals surface area contributed by atoms with Gasteiger partial charge in [-0.25, -0.2) is 9.18 Å². The van der Waals surface area contributed by atoms with Crippen molar-refractivity contribution in [3.8, 4) is 0 Å². The van der Waals surface area contributed by atoms with Crippen molar-refractivity contribution in [2.24, 2.45) is 5.92 Å². The van der Waals surface area contributed by atoms with E-state index in [0.29, 0.717) is 48.5 Å². The van der Waals surface area contributed by atoms with Crippen LogP contribution in [0.5, 0.6) is 0 Å². The van der Waals surface area contributed by atoms with Crippen LogP contribution in [0.3, 0.4) is 0 Å². The summed E-state index contributed by atoms with van der Waals surface area (Å²) in [6, 6.07) is 9.52. The predicted molar refractivity (Wildman–Crippen MR) is 184 cm³/mol. The second kappa shape index (κ2) is 17.9. The van der Waals surface area contributed by atoms with Crippen molar-refractivity contribution in [2.45, 2.75) is 89.2 Å². The van der Waals surface area contributed by atoms with Crippen molar-refractivity contribution >= 4 is 37.1 Å². The predicted octanol–water partition coefficient (Wildman–Crippen LogP) is 4.09. The molecule has 13 nitrogen and oxygen atoms in total. The van der Waals surface area contributed by atoms with Crippen LogP contribution in [-0.2, 0) is 41.0 Å². The van der Waals surface area contributed by atoms with E-state index in [-0.39, 0.29) is 38.6 Å². The van der Waals surface area contributed by atoms with Crippen LogP contribution >= 0.6 is 19.2 Å². The van der Waals surface area contributed by atoms with Gasteiger partial charge in [0.2, 0.25) is 11.8 Å². The first-order valence-corrected chi connectivity index (χ1v) is 18.8. The number of carbonyl (C=O) groups is 3. The number of hydrogen-bond donors (Lipinski definition) is 5. The van der Waals surface area contributed by atoms with Crippen LogP contribution in [0.2, 0.25) is 5.02 Å². The fraction of sp³-hybridized carbons (Fsp3) is 0.559. The third-order valence-electron chi connectivity index (χ3n) is 9.04. The summed E-state index contributed by atoms with van der Waals surface area (Å²) in [5, 5.41) is 30.3. The lowest BCUT2D eigenvalue weighted by Gasteiger charge is -2.40. The van der Waals surface area contributed by atoms with E-state index in [1.807, 2.05) is 4.90 Å². The van der Waals surface area contributed by atoms with Gasteiger partial charge in [0.1, 0.15) is 24.7 Å². The summed E-state index contributed by atoms with van der Waals surface area (Å²) < 4.78 is 44.1. The summed E-state index contributed by atoms with van der Waals surface area (Å²) in [6.45, 7) is 5.69. The van der Waals surface area contributed by atoms with Crippen molar-refractivity contribution in [1.29, 1.82) is 0 Å². The lowest BCUT2D eigenvalue weighted by atomic mass is 9.82. The van der Waals surface area contributed by atoms with E-state index < -0.39 is 61.0 Å². The number of nitrogens with zero attached hydrogens (tertiary/aromatic N) is 1. The number of aliphatic hydroxyl groups is 2. The Hall–Kier alpha value is -3.10. The zero-order valence-corrected chi connectivity index (χ0v) is 30.1. The molecule has 3 amide bonds. The Morgan fingerprint density at radius 1 is 1.08 bits per heavy atom. The molecule has 2 fully saturated rings. The molecule has 0 radical (unpaired) electrons. The highest BCUT2D eigenvalue weighted by Gasteiger charge is 2.49. The molecule has 1 spiro atoms. The third kappa shape index (κ3) is 10.7. The molecule has 50 heavy (non-hydrogen) atoms. The highest BCUT2D eigenvalue weighted by atomic mass is 35.5. The molecule has 2 aliphatic heterocycles. The van der Waals surface area contributed by atoms with Gasteiger partial charge in [0.05, 0.1) is 19.3 Å². The summed E-state index contributed by atoms with van der Waals surface area (Å²) in [6.07, 6.45) is -0.304. The molecule has 4 unspecified atom stereocenters. The van der Waals surface area contributed by atoms with Crippen molar-refractivity contribution in [3.63, 3.8) is 0 Å². The number of likely N-dealkylation sites (tertiary alicyclic amines) is 1. The topological polar surface area (TPSA) is 176 Å². The number of ether oxygens (including phenoxy) is 1. The summed E-state index contributed by atoms with van der Waals surface area (Å²) in [5.74, 6) is -4.22. The molecule has 2 aromatic carbocycles. The average molecular weight is 741 g/mol. The number of nitrogens with one attached hydrogen (secondary N) is 3. The van der Waals surface area contributed by atoms with Gasteiger partial charge in [-0.2, -0.15) is 0 Å². The van der Waals surface area contributed by atoms with E-state index >= 15 is 0 Å². The summed E-state index contributed by atoms with van der Waals surface area (Å²) in [7, 11) is -4.24. The summed E-state index contributed by atoms with van der Waals surface area (Å²) >= 11 is 6.03. The van der Waals surface area contributed by atoms with Crippen LogP contribution in [0.25, 0.3) is 0 Å². The summed E-state index contributed by atoms with van der Waals surface area (Å²) in [5.41, 5.74) is 0.450. The van der Waals surface area contributed by atoms with Gasteiger partial charge in [-0.3, -0.25) is 19.1 Å². The fourth-order valence-corrected chi connectivity index (χ4v) is 8.46. The first-order valence-electron chi connectivity index (χ1n) is 16.8. The highest BCUT2D eigenvalue weighted by molar-refractivity contribution is 7.54. The van der Waals surface area contributed by atoms with Gasteiger partial charge in [-0.1, -0.05) is 35.9 Å². The van der Waals surface area contributed by atoms with Crippen LogP contribution in [0.1, 0.15) is 57.6 Å². The van der Waals surface area contributed by atoms with Crippen LogP contribution in [0.4, 0.5) is 9.18 Å². The number of amides is 3. The molecule has 16 heteroatoms. The normalized spacial score (nSPS) is 20.1. The second-order valence-corrected chi connectivity index (χ2v) is 15.3. The second-order valence-electron chi connectivity index (χ2n) is 12.7. The first kappa shape index (κ1) is 39.7. The SMILES string of the molecule is CCOP(=O)(OCC)C(O)C(CC1CC2(CCN(C(C)O)CC2)NC1=O)NC(=O)[C@H](Cc1cccc(F)c1)NC(=O)OCc1cccc(Cl)c1. The van der Waals surface area contributed by atoms with Gasteiger partial charge < -0.3 is 39.9 Å². The van der Waals surface area contributed by atoms with E-state index in [1.165, 1.54) is 18.2 Å². The van der Waals surface area contributed by atoms with E-state index in [1.54, 1.807) is 51.1 Å². The number of alkyl carbamates (subject to hydrolysis) is 1. The number of rotatable bonds is 16. The Morgan fingerprint density at radius 3 is 2.36 bits per heavy atom. The molecule has 4 rings (SSSR count). The molecule has 276 valence electrons. The summed E-state index contributed by atoms with van der Waals surface area (Å²) in [4.78, 5) is 42.2. The van der Waals surface area contributed by atoms with Gasteiger partial charge in [0, 0.05) is 36.0 Å². The van der Waals surface area contributed by atoms with Crippen molar-refractivity contribution in [3.05, 3.63) is 70.5 Å². The zero-order chi connectivity index (χ0) is 36.5. The maximum Gasteiger partial charge on any atom is 0.408 e. The van der Waals surface area contributed by atoms with Crippen LogP contribution < -0.4 is 16.0 Å². The van der Waals surface area contributed by atoms with Crippen molar-refractivity contribution in [1.82, 2.24) is 20.9 Å². The molecule has 0 aromatic heterocycles. The monoisotopic (exact) mass is 740 g/mol. The number of aliphatic hydroxyl groups excluding tert-OH is 2. The average Bonchev–Trinajstić information content (AvgIpc) is 3.36. The minimum absolute atomic E-state index is 0.0654. The molecule has 0 bridgehead atoms. The Morgan fingerprint density at radius 2 is 1.74 bits per heavy atom. The van der Waals surface area contributed by atoms with E-state index in [2.05, 4.69) is 16.0 Å². The van der Waals surface area contributed by atoms with Gasteiger partial charge in [-0.05, 0) is 81.8 Å². The molecule has 5 N–H and O–H groups in total. The minimum Gasteiger partial charge on any atom is -0.445 e. The smallest absolute Gasteiger partial charge is 0.408 e. The van der Waals surface area contributed by atoms with Gasteiger partial charge in [0.15, 0.2) is 5.85 Å².